The minimum absolute atomic E-state index is 0.0361. The fraction of sp³-hybridized carbons (Fsp3) is 0.941. The molecule has 0 saturated carbocycles. The molecule has 0 heterocycles. The van der Waals surface area contributed by atoms with Crippen molar-refractivity contribution < 1.29 is 9.53 Å². The van der Waals surface area contributed by atoms with Gasteiger partial charge in [-0.2, -0.15) is 0 Å². The average Bonchev–Trinajstić information content (AvgIpc) is 2.24. The molecular weight excluding hydrogens is 250 g/mol. The minimum atomic E-state index is -0.0930. The van der Waals surface area contributed by atoms with Gasteiger partial charge < -0.3 is 9.64 Å². The van der Waals surface area contributed by atoms with Crippen LogP contribution in [0.2, 0.25) is 0 Å². The van der Waals surface area contributed by atoms with Crippen LogP contribution in [0.15, 0.2) is 0 Å². The molecule has 3 heteroatoms. The van der Waals surface area contributed by atoms with Gasteiger partial charge >= 0.3 is 0 Å². The van der Waals surface area contributed by atoms with Crippen molar-refractivity contribution in [3.05, 3.63) is 0 Å². The minimum Gasteiger partial charge on any atom is -0.378 e. The summed E-state index contributed by atoms with van der Waals surface area (Å²) in [5, 5.41) is 0. The molecule has 0 aromatic rings. The van der Waals surface area contributed by atoms with E-state index in [0.717, 1.165) is 6.54 Å². The number of hydrogen-bond donors (Lipinski definition) is 0. The lowest BCUT2D eigenvalue weighted by Gasteiger charge is -2.42. The van der Waals surface area contributed by atoms with Gasteiger partial charge in [0, 0.05) is 20.0 Å². The van der Waals surface area contributed by atoms with Crippen molar-refractivity contribution in [2.75, 3.05) is 20.2 Å². The molecule has 0 aliphatic carbocycles. The van der Waals surface area contributed by atoms with Crippen molar-refractivity contribution in [1.29, 1.82) is 0 Å². The average molecular weight is 285 g/mol. The summed E-state index contributed by atoms with van der Waals surface area (Å²) in [6, 6.07) is 0. The highest BCUT2D eigenvalue weighted by Crippen LogP contribution is 2.42. The van der Waals surface area contributed by atoms with Gasteiger partial charge in [-0.25, -0.2) is 0 Å². The van der Waals surface area contributed by atoms with Gasteiger partial charge in [0.25, 0.3) is 0 Å². The molecule has 0 atom stereocenters. The van der Waals surface area contributed by atoms with Crippen LogP contribution in [-0.2, 0) is 9.53 Å². The molecular formula is C17H35NO2. The van der Waals surface area contributed by atoms with Crippen LogP contribution in [0.1, 0.15) is 61.8 Å². The van der Waals surface area contributed by atoms with Crippen molar-refractivity contribution in [2.24, 2.45) is 16.7 Å². The Morgan fingerprint density at radius 1 is 1.05 bits per heavy atom. The van der Waals surface area contributed by atoms with Gasteiger partial charge in [0.1, 0.15) is 0 Å². The zero-order valence-electron chi connectivity index (χ0n) is 15.0. The van der Waals surface area contributed by atoms with Crippen molar-refractivity contribution in [2.45, 2.75) is 67.9 Å². The lowest BCUT2D eigenvalue weighted by atomic mass is 9.66. The Balaban J connectivity index is 4.66. The van der Waals surface area contributed by atoms with Crippen LogP contribution < -0.4 is 0 Å². The summed E-state index contributed by atoms with van der Waals surface area (Å²) in [5.74, 6) is 0.727. The topological polar surface area (TPSA) is 29.5 Å². The summed E-state index contributed by atoms with van der Waals surface area (Å²) in [4.78, 5) is 14.2. The molecule has 1 amide bonds. The van der Waals surface area contributed by atoms with Gasteiger partial charge in [-0.15, -0.1) is 0 Å². The highest BCUT2D eigenvalue weighted by atomic mass is 16.5. The van der Waals surface area contributed by atoms with E-state index in [2.05, 4.69) is 41.5 Å². The van der Waals surface area contributed by atoms with E-state index < -0.39 is 0 Å². The van der Waals surface area contributed by atoms with E-state index in [4.69, 9.17) is 4.74 Å². The van der Waals surface area contributed by atoms with Gasteiger partial charge in [-0.05, 0) is 30.6 Å². The number of ether oxygens (including phenoxy) is 1. The van der Waals surface area contributed by atoms with E-state index in [9.17, 15) is 4.79 Å². The highest BCUT2D eigenvalue weighted by Gasteiger charge is 2.39. The first kappa shape index (κ1) is 19.4. The Labute approximate surface area is 126 Å². The molecule has 0 rings (SSSR count). The number of amides is 1. The molecule has 0 saturated heterocycles. The molecule has 0 aliphatic rings. The number of rotatable bonds is 8. The van der Waals surface area contributed by atoms with Gasteiger partial charge in [-0.3, -0.25) is 4.79 Å². The Kier molecular flexibility index (Phi) is 7.23. The maximum absolute atomic E-state index is 12.4. The van der Waals surface area contributed by atoms with Crippen LogP contribution >= 0.6 is 0 Å². The fourth-order valence-electron chi connectivity index (χ4n) is 1.97. The summed E-state index contributed by atoms with van der Waals surface area (Å²) < 4.78 is 5.77. The quantitative estimate of drug-likeness (QED) is 0.675. The third kappa shape index (κ3) is 6.25. The number of nitrogens with zero attached hydrogens (tertiary/aromatic N) is 1. The van der Waals surface area contributed by atoms with Crippen LogP contribution in [-0.4, -0.2) is 37.1 Å². The molecule has 0 spiro atoms. The molecule has 3 nitrogen and oxygen atoms in total. The molecule has 0 aliphatic heterocycles. The fourth-order valence-corrected chi connectivity index (χ4v) is 1.97. The first-order valence-corrected chi connectivity index (χ1v) is 7.74. The van der Waals surface area contributed by atoms with E-state index in [-0.39, 0.29) is 22.8 Å². The zero-order chi connectivity index (χ0) is 16.1. The summed E-state index contributed by atoms with van der Waals surface area (Å²) in [6.45, 7) is 18.6. The highest BCUT2D eigenvalue weighted by molar-refractivity contribution is 5.76. The second-order valence-electron chi connectivity index (χ2n) is 7.97. The second kappa shape index (κ2) is 7.44. The normalized spacial score (nSPS) is 13.2. The van der Waals surface area contributed by atoms with E-state index in [1.807, 2.05) is 25.8 Å². The number of carbonyl (C=O) groups is 1. The van der Waals surface area contributed by atoms with Crippen molar-refractivity contribution in [3.8, 4) is 0 Å². The van der Waals surface area contributed by atoms with Crippen molar-refractivity contribution in [1.82, 2.24) is 4.90 Å². The lowest BCUT2D eigenvalue weighted by molar-refractivity contribution is -0.135. The molecule has 0 radical (unpaired) electrons. The van der Waals surface area contributed by atoms with Crippen LogP contribution in [0.3, 0.4) is 0 Å². The number of carbonyl (C=O) groups excluding carboxylic acids is 1. The molecule has 120 valence electrons. The van der Waals surface area contributed by atoms with Gasteiger partial charge in [0.15, 0.2) is 0 Å². The summed E-state index contributed by atoms with van der Waals surface area (Å²) in [7, 11) is 1.90. The molecule has 0 fully saturated rings. The predicted octanol–water partition coefficient (Wildman–Crippen LogP) is 3.97. The van der Waals surface area contributed by atoms with Gasteiger partial charge in [0.2, 0.25) is 5.91 Å². The van der Waals surface area contributed by atoms with Crippen LogP contribution in [0.25, 0.3) is 0 Å². The Morgan fingerprint density at radius 3 is 1.95 bits per heavy atom. The molecule has 0 bridgehead atoms. The van der Waals surface area contributed by atoms with E-state index in [0.29, 0.717) is 18.9 Å². The van der Waals surface area contributed by atoms with E-state index in [1.165, 1.54) is 0 Å². The van der Waals surface area contributed by atoms with Crippen LogP contribution in [0, 0.1) is 16.7 Å². The van der Waals surface area contributed by atoms with Crippen molar-refractivity contribution >= 4 is 5.91 Å². The SMILES string of the molecule is CC(C)CN(C)C(=O)CC(C)(C)C(C)(C)COC(C)C. The molecule has 0 aromatic heterocycles. The Hall–Kier alpha value is -0.570. The van der Waals surface area contributed by atoms with Gasteiger partial charge in [-0.1, -0.05) is 41.5 Å². The second-order valence-corrected chi connectivity index (χ2v) is 7.97. The predicted molar refractivity (Wildman–Crippen MR) is 85.7 cm³/mol. The zero-order valence-corrected chi connectivity index (χ0v) is 15.0. The Morgan fingerprint density at radius 2 is 1.55 bits per heavy atom. The van der Waals surface area contributed by atoms with Crippen molar-refractivity contribution in [3.63, 3.8) is 0 Å². The largest absolute Gasteiger partial charge is 0.378 e. The van der Waals surface area contributed by atoms with E-state index >= 15 is 0 Å². The maximum Gasteiger partial charge on any atom is 0.222 e. The molecule has 0 unspecified atom stereocenters. The third-order valence-electron chi connectivity index (χ3n) is 4.27. The van der Waals surface area contributed by atoms with Crippen LogP contribution in [0.4, 0.5) is 0 Å². The summed E-state index contributed by atoms with van der Waals surface area (Å²) in [6.07, 6.45) is 0.786. The monoisotopic (exact) mass is 285 g/mol. The third-order valence-corrected chi connectivity index (χ3v) is 4.27. The summed E-state index contributed by atoms with van der Waals surface area (Å²) >= 11 is 0. The first-order valence-electron chi connectivity index (χ1n) is 7.74. The van der Waals surface area contributed by atoms with Gasteiger partial charge in [0.05, 0.1) is 12.7 Å². The smallest absolute Gasteiger partial charge is 0.222 e. The standard InChI is InChI=1S/C17H35NO2/c1-13(2)11-18(9)15(19)10-16(5,6)17(7,8)12-20-14(3)4/h13-14H,10-12H2,1-9H3. The lowest BCUT2D eigenvalue weighted by Crippen LogP contribution is -2.42. The molecule has 0 N–H and O–H groups in total. The van der Waals surface area contributed by atoms with E-state index in [1.54, 1.807) is 0 Å². The Bertz CT molecular complexity index is 306. The van der Waals surface area contributed by atoms with Crippen LogP contribution in [0.5, 0.6) is 0 Å². The first-order chi connectivity index (χ1) is 8.89. The number of hydrogen-bond acceptors (Lipinski definition) is 2. The summed E-state index contributed by atoms with van der Waals surface area (Å²) in [5.41, 5.74) is -0.129. The molecule has 0 aromatic carbocycles. The maximum atomic E-state index is 12.4. The molecule has 20 heavy (non-hydrogen) atoms.